The van der Waals surface area contributed by atoms with Crippen molar-refractivity contribution in [1.29, 1.82) is 0 Å². The summed E-state index contributed by atoms with van der Waals surface area (Å²) < 4.78 is 19.0. The first-order valence-corrected chi connectivity index (χ1v) is 15.5. The monoisotopic (exact) mass is 620 g/mol. The number of hydrogen-bond donors (Lipinski definition) is 1. The van der Waals surface area contributed by atoms with Gasteiger partial charge in [0.1, 0.15) is 36.1 Å². The van der Waals surface area contributed by atoms with Crippen molar-refractivity contribution < 1.29 is 54.5 Å². The molecule has 0 radical (unpaired) electrons. The molecule has 0 aliphatic carbocycles. The zero-order valence-electron chi connectivity index (χ0n) is 27.0. The number of likely N-dealkylation sites (tertiary alicyclic amines) is 1. The third-order valence-electron chi connectivity index (χ3n) is 8.52. The first-order valence-electron chi connectivity index (χ1n) is 14.7. The molecule has 224 valence electrons. The minimum atomic E-state index is -0.353. The normalized spacial score (nSPS) is 17.7. The predicted octanol–water partition coefficient (Wildman–Crippen LogP) is 4.73. The van der Waals surface area contributed by atoms with Crippen LogP contribution in [0, 0.1) is 27.7 Å². The number of carbonyl (C=O) groups excluding carboxylic acids is 2. The number of carbonyl (C=O) groups is 2. The van der Waals surface area contributed by atoms with E-state index in [4.69, 9.17) is 13.9 Å². The molecule has 0 bridgehead atoms. The SMILES string of the molecule is Cc1oc2c(C)c(C)c(OCc3ccccc3)c(C)c2c1CN1CCC[C@H]1COc1ccc(C=C2SC(=O)NC2=O)cc1.[H-].[Na+]. The molecular formula is C35H37N2NaO5S. The molecular weight excluding hydrogens is 583 g/mol. The fraction of sp³-hybridized carbons (Fsp3) is 0.314. The van der Waals surface area contributed by atoms with E-state index in [2.05, 4.69) is 50.0 Å². The standard InChI is InChI=1S/C35H36N2O5S.Na.H/c1-21-22(2)33-31(23(3)32(21)41-19-26-9-6-5-7-10-26)29(24(4)42-33)18-37-16-8-11-27(37)20-40-28-14-12-25(13-15-28)17-30-34(38)36-35(39)43-30;;/h5-7,9-10,12-15,17,27H,8,11,16,18-20H2,1-4H3,(H,36,38,39);;/q;+1;-1/t27-;;/m0../s1. The van der Waals surface area contributed by atoms with Crippen molar-refractivity contribution in [1.82, 2.24) is 10.2 Å². The second-order valence-electron chi connectivity index (χ2n) is 11.3. The van der Waals surface area contributed by atoms with Crippen molar-refractivity contribution in [2.45, 2.75) is 59.7 Å². The van der Waals surface area contributed by atoms with E-state index in [1.165, 1.54) is 5.56 Å². The maximum atomic E-state index is 11.8. The molecule has 1 N–H and O–H groups in total. The molecule has 2 fully saturated rings. The fourth-order valence-electron chi connectivity index (χ4n) is 6.03. The van der Waals surface area contributed by atoms with Gasteiger partial charge in [0.05, 0.1) is 4.91 Å². The van der Waals surface area contributed by atoms with E-state index in [-0.39, 0.29) is 48.2 Å². The third kappa shape index (κ3) is 6.80. The summed E-state index contributed by atoms with van der Waals surface area (Å²) in [5.41, 5.74) is 7.53. The Bertz CT molecular complexity index is 1720. The van der Waals surface area contributed by atoms with E-state index in [0.29, 0.717) is 18.1 Å². The molecule has 3 heterocycles. The Labute approximate surface area is 286 Å². The van der Waals surface area contributed by atoms with Crippen molar-refractivity contribution in [2.24, 2.45) is 0 Å². The van der Waals surface area contributed by atoms with Crippen LogP contribution >= 0.6 is 11.8 Å². The van der Waals surface area contributed by atoms with Gasteiger partial charge in [0.2, 0.25) is 0 Å². The zero-order valence-corrected chi connectivity index (χ0v) is 28.8. The van der Waals surface area contributed by atoms with Crippen LogP contribution in [0.25, 0.3) is 17.0 Å². The molecule has 6 rings (SSSR count). The fourth-order valence-corrected chi connectivity index (χ4v) is 6.71. The largest absolute Gasteiger partial charge is 1.00 e. The average Bonchev–Trinajstić information content (AvgIpc) is 3.68. The van der Waals surface area contributed by atoms with Crippen LogP contribution in [0.5, 0.6) is 11.5 Å². The van der Waals surface area contributed by atoms with Gasteiger partial charge in [0, 0.05) is 29.1 Å². The van der Waals surface area contributed by atoms with E-state index in [1.807, 2.05) is 42.5 Å². The van der Waals surface area contributed by atoms with Gasteiger partial charge in [-0.1, -0.05) is 42.5 Å². The number of hydrogen-bond acceptors (Lipinski definition) is 7. The van der Waals surface area contributed by atoms with Crippen LogP contribution < -0.4 is 44.3 Å². The zero-order chi connectivity index (χ0) is 30.1. The molecule has 4 aromatic rings. The van der Waals surface area contributed by atoms with Crippen molar-refractivity contribution in [3.63, 3.8) is 0 Å². The summed E-state index contributed by atoms with van der Waals surface area (Å²) in [7, 11) is 0. The van der Waals surface area contributed by atoms with Crippen molar-refractivity contribution in [3.05, 3.63) is 98.6 Å². The molecule has 7 nitrogen and oxygen atoms in total. The molecule has 0 saturated carbocycles. The number of benzene rings is 3. The quantitative estimate of drug-likeness (QED) is 0.214. The van der Waals surface area contributed by atoms with Gasteiger partial charge in [-0.15, -0.1) is 0 Å². The van der Waals surface area contributed by atoms with Crippen LogP contribution in [0.2, 0.25) is 0 Å². The third-order valence-corrected chi connectivity index (χ3v) is 9.33. The number of imide groups is 1. The summed E-state index contributed by atoms with van der Waals surface area (Å²) in [6.45, 7) is 11.4. The molecule has 44 heavy (non-hydrogen) atoms. The minimum absolute atomic E-state index is 0. The van der Waals surface area contributed by atoms with Gasteiger partial charge in [-0.3, -0.25) is 19.8 Å². The number of ether oxygens (including phenoxy) is 2. The summed E-state index contributed by atoms with van der Waals surface area (Å²) in [5.74, 6) is 2.32. The van der Waals surface area contributed by atoms with Crippen molar-refractivity contribution in [2.75, 3.05) is 13.2 Å². The molecule has 1 aromatic heterocycles. The van der Waals surface area contributed by atoms with E-state index in [1.54, 1.807) is 6.08 Å². The Balaban J connectivity index is 0.00000230. The molecule has 9 heteroatoms. The molecule has 2 aliphatic heterocycles. The number of furan rings is 1. The number of fused-ring (bicyclic) bond motifs is 1. The first kappa shape index (κ1) is 32.4. The smallest absolute Gasteiger partial charge is 1.00 e. The Kier molecular flexibility index (Phi) is 10.3. The number of amides is 2. The number of nitrogens with zero attached hydrogens (tertiary/aromatic N) is 1. The number of rotatable bonds is 9. The van der Waals surface area contributed by atoms with Crippen LogP contribution in [0.4, 0.5) is 4.79 Å². The van der Waals surface area contributed by atoms with Crippen molar-refractivity contribution >= 4 is 40.0 Å². The summed E-state index contributed by atoms with van der Waals surface area (Å²) in [6, 6.07) is 18.2. The number of nitrogens with one attached hydrogen (secondary N) is 1. The average molecular weight is 621 g/mol. The number of thioether (sulfide) groups is 1. The Hall–Kier alpha value is -3.01. The Morgan fingerprint density at radius 2 is 1.75 bits per heavy atom. The molecule has 2 aliphatic rings. The van der Waals surface area contributed by atoms with Gasteiger partial charge in [-0.25, -0.2) is 0 Å². The Morgan fingerprint density at radius 3 is 2.45 bits per heavy atom. The van der Waals surface area contributed by atoms with Crippen molar-refractivity contribution in [3.8, 4) is 11.5 Å². The molecule has 3 aromatic carbocycles. The van der Waals surface area contributed by atoms with Crippen LogP contribution in [0.3, 0.4) is 0 Å². The van der Waals surface area contributed by atoms with Gasteiger partial charge in [0.25, 0.3) is 11.1 Å². The number of aryl methyl sites for hydroxylation is 3. The van der Waals surface area contributed by atoms with Crippen LogP contribution in [-0.2, 0) is 17.9 Å². The predicted molar refractivity (Wildman–Crippen MR) is 172 cm³/mol. The summed E-state index contributed by atoms with van der Waals surface area (Å²) in [5, 5.41) is 3.10. The van der Waals surface area contributed by atoms with E-state index in [0.717, 1.165) is 93.7 Å². The minimum Gasteiger partial charge on any atom is -1.00 e. The van der Waals surface area contributed by atoms with Gasteiger partial charge < -0.3 is 15.3 Å². The van der Waals surface area contributed by atoms with E-state index < -0.39 is 0 Å². The molecule has 0 unspecified atom stereocenters. The van der Waals surface area contributed by atoms with Crippen LogP contribution in [0.1, 0.15) is 53.4 Å². The maximum Gasteiger partial charge on any atom is 1.00 e. The maximum absolute atomic E-state index is 11.8. The van der Waals surface area contributed by atoms with Gasteiger partial charge in [-0.2, -0.15) is 0 Å². The van der Waals surface area contributed by atoms with E-state index >= 15 is 0 Å². The second kappa shape index (κ2) is 14.0. The molecule has 0 spiro atoms. The van der Waals surface area contributed by atoms with Gasteiger partial charge >= 0.3 is 29.6 Å². The van der Waals surface area contributed by atoms with Crippen LogP contribution in [-0.4, -0.2) is 35.2 Å². The topological polar surface area (TPSA) is 81.0 Å². The summed E-state index contributed by atoms with van der Waals surface area (Å²) in [6.07, 6.45) is 3.91. The molecule has 1 atom stereocenters. The molecule has 2 amide bonds. The Morgan fingerprint density at radius 1 is 1.00 bits per heavy atom. The van der Waals surface area contributed by atoms with Crippen LogP contribution in [0.15, 0.2) is 63.9 Å². The first-order chi connectivity index (χ1) is 20.8. The van der Waals surface area contributed by atoms with E-state index in [9.17, 15) is 9.59 Å². The summed E-state index contributed by atoms with van der Waals surface area (Å²) >= 11 is 0.918. The van der Waals surface area contributed by atoms with Gasteiger partial charge in [-0.05, 0) is 99.3 Å². The molecule has 2 saturated heterocycles. The van der Waals surface area contributed by atoms with Gasteiger partial charge in [0.15, 0.2) is 0 Å². The summed E-state index contributed by atoms with van der Waals surface area (Å²) in [4.78, 5) is 26.2. The second-order valence-corrected chi connectivity index (χ2v) is 12.3.